The van der Waals surface area contributed by atoms with Crippen LogP contribution in [0.4, 0.5) is 0 Å². The smallest absolute Gasteiger partial charge is 0.269 e. The first-order chi connectivity index (χ1) is 13.7. The van der Waals surface area contributed by atoms with E-state index in [0.29, 0.717) is 28.7 Å². The number of nitrogens with one attached hydrogen (secondary N) is 3. The van der Waals surface area contributed by atoms with E-state index in [0.717, 1.165) is 12.0 Å². The van der Waals surface area contributed by atoms with Gasteiger partial charge in [-0.3, -0.25) is 15.6 Å². The maximum Gasteiger partial charge on any atom is 0.269 e. The van der Waals surface area contributed by atoms with Gasteiger partial charge < -0.3 is 14.8 Å². The van der Waals surface area contributed by atoms with E-state index in [1.54, 1.807) is 14.2 Å². The molecule has 156 valence electrons. The zero-order valence-electron chi connectivity index (χ0n) is 17.6. The predicted octanol–water partition coefficient (Wildman–Crippen LogP) is 3.35. The molecule has 0 saturated heterocycles. The minimum Gasteiger partial charge on any atom is -0.493 e. The molecule has 3 N–H and O–H groups in total. The molecule has 0 heterocycles. The zero-order valence-corrected chi connectivity index (χ0v) is 18.4. The second-order valence-electron chi connectivity index (χ2n) is 7.60. The van der Waals surface area contributed by atoms with E-state index in [1.807, 2.05) is 42.5 Å². The van der Waals surface area contributed by atoms with Gasteiger partial charge in [0.05, 0.1) is 14.2 Å². The molecule has 0 bridgehead atoms. The highest BCUT2D eigenvalue weighted by Gasteiger charge is 2.14. The van der Waals surface area contributed by atoms with Crippen LogP contribution in [0.15, 0.2) is 42.5 Å². The van der Waals surface area contributed by atoms with Crippen LogP contribution in [0, 0.1) is 0 Å². The van der Waals surface area contributed by atoms with Crippen LogP contribution in [-0.2, 0) is 11.8 Å². The van der Waals surface area contributed by atoms with E-state index in [-0.39, 0.29) is 11.3 Å². The number of hydrazine groups is 1. The summed E-state index contributed by atoms with van der Waals surface area (Å²) < 4.78 is 10.5. The summed E-state index contributed by atoms with van der Waals surface area (Å²) in [4.78, 5) is 12.2. The average Bonchev–Trinajstić information content (AvgIpc) is 2.71. The number of rotatable bonds is 6. The molecule has 0 unspecified atom stereocenters. The van der Waals surface area contributed by atoms with Crippen molar-refractivity contribution >= 4 is 23.2 Å². The summed E-state index contributed by atoms with van der Waals surface area (Å²) in [5.74, 6) is 1.14. The van der Waals surface area contributed by atoms with Crippen LogP contribution >= 0.6 is 12.2 Å². The summed E-state index contributed by atoms with van der Waals surface area (Å²) >= 11 is 5.21. The number of carbonyl (C=O) groups is 1. The Balaban J connectivity index is 1.77. The van der Waals surface area contributed by atoms with Crippen LogP contribution in [0.1, 0.15) is 42.3 Å². The van der Waals surface area contributed by atoms with Crippen molar-refractivity contribution in [2.45, 2.75) is 32.6 Å². The van der Waals surface area contributed by atoms with E-state index >= 15 is 0 Å². The lowest BCUT2D eigenvalue weighted by molar-refractivity contribution is 0.0943. The molecule has 0 spiro atoms. The van der Waals surface area contributed by atoms with Crippen LogP contribution in [0.25, 0.3) is 0 Å². The third-order valence-corrected chi connectivity index (χ3v) is 4.70. The molecule has 7 heteroatoms. The van der Waals surface area contributed by atoms with E-state index in [9.17, 15) is 4.79 Å². The first-order valence-electron chi connectivity index (χ1n) is 9.40. The van der Waals surface area contributed by atoms with Crippen molar-refractivity contribution < 1.29 is 14.3 Å². The second kappa shape index (κ2) is 10.1. The molecule has 0 atom stereocenters. The Bertz CT molecular complexity index is 845. The third-order valence-electron chi connectivity index (χ3n) is 4.45. The Labute approximate surface area is 178 Å². The maximum absolute atomic E-state index is 12.2. The number of thiocarbonyl (C=S) groups is 1. The fraction of sp³-hybridized carbons (Fsp3) is 0.364. The highest BCUT2D eigenvalue weighted by Crippen LogP contribution is 2.27. The summed E-state index contributed by atoms with van der Waals surface area (Å²) in [7, 11) is 3.22. The molecule has 2 rings (SSSR count). The Morgan fingerprint density at radius 2 is 1.62 bits per heavy atom. The number of methoxy groups -OCH3 is 2. The van der Waals surface area contributed by atoms with Gasteiger partial charge in [0.1, 0.15) is 0 Å². The highest BCUT2D eigenvalue weighted by molar-refractivity contribution is 7.80. The summed E-state index contributed by atoms with van der Waals surface area (Å²) in [6, 6.07) is 13.3. The summed E-state index contributed by atoms with van der Waals surface area (Å²) in [6.07, 6.45) is 0.740. The monoisotopic (exact) mass is 415 g/mol. The van der Waals surface area contributed by atoms with Crippen molar-refractivity contribution in [3.05, 3.63) is 59.2 Å². The van der Waals surface area contributed by atoms with Crippen molar-refractivity contribution in [2.24, 2.45) is 0 Å². The standard InChI is InChI=1S/C22H29N3O3S/c1-22(2,3)17-9-7-16(8-10-17)20(26)24-25-21(29)23-13-12-15-6-11-18(27-4)19(14-15)28-5/h6-11,14H,12-13H2,1-5H3,(H,24,26)(H2,23,25,29). The van der Waals surface area contributed by atoms with E-state index in [2.05, 4.69) is 36.9 Å². The Hall–Kier alpha value is -2.80. The van der Waals surface area contributed by atoms with Crippen molar-refractivity contribution in [3.8, 4) is 11.5 Å². The van der Waals surface area contributed by atoms with Gasteiger partial charge in [0.2, 0.25) is 0 Å². The van der Waals surface area contributed by atoms with Crippen LogP contribution in [0.2, 0.25) is 0 Å². The lowest BCUT2D eigenvalue weighted by Crippen LogP contribution is -2.47. The molecule has 0 aliphatic heterocycles. The molecule has 2 aromatic carbocycles. The SMILES string of the molecule is COc1ccc(CCNC(=S)NNC(=O)c2ccc(C(C)(C)C)cc2)cc1OC. The van der Waals surface area contributed by atoms with Gasteiger partial charge in [0.25, 0.3) is 5.91 Å². The fourth-order valence-electron chi connectivity index (χ4n) is 2.71. The van der Waals surface area contributed by atoms with Crippen molar-refractivity contribution in [3.63, 3.8) is 0 Å². The molecule has 0 aromatic heterocycles. The van der Waals surface area contributed by atoms with Gasteiger partial charge in [-0.05, 0) is 59.4 Å². The molecule has 29 heavy (non-hydrogen) atoms. The van der Waals surface area contributed by atoms with Gasteiger partial charge in [0.15, 0.2) is 16.6 Å². The minimum atomic E-state index is -0.241. The topological polar surface area (TPSA) is 71.6 Å². The van der Waals surface area contributed by atoms with Crippen LogP contribution in [-0.4, -0.2) is 31.8 Å². The van der Waals surface area contributed by atoms with Gasteiger partial charge >= 0.3 is 0 Å². The quantitative estimate of drug-likeness (QED) is 0.496. The first kappa shape index (κ1) is 22.5. The fourth-order valence-corrected chi connectivity index (χ4v) is 2.86. The van der Waals surface area contributed by atoms with Gasteiger partial charge in [0, 0.05) is 12.1 Å². The molecule has 0 saturated carbocycles. The van der Waals surface area contributed by atoms with E-state index in [4.69, 9.17) is 21.7 Å². The average molecular weight is 416 g/mol. The Kier molecular flexibility index (Phi) is 7.84. The van der Waals surface area contributed by atoms with Crippen molar-refractivity contribution in [1.82, 2.24) is 16.2 Å². The minimum absolute atomic E-state index is 0.0483. The largest absolute Gasteiger partial charge is 0.493 e. The number of benzene rings is 2. The first-order valence-corrected chi connectivity index (χ1v) is 9.81. The third kappa shape index (κ3) is 6.64. The molecule has 6 nitrogen and oxygen atoms in total. The normalized spacial score (nSPS) is 10.8. The highest BCUT2D eigenvalue weighted by atomic mass is 32.1. The molecular weight excluding hydrogens is 386 g/mol. The van der Waals surface area contributed by atoms with Gasteiger partial charge in [-0.25, -0.2) is 0 Å². The van der Waals surface area contributed by atoms with Crippen LogP contribution < -0.4 is 25.6 Å². The number of hydrogen-bond donors (Lipinski definition) is 3. The lowest BCUT2D eigenvalue weighted by atomic mass is 9.87. The number of carbonyl (C=O) groups excluding carboxylic acids is 1. The van der Waals surface area contributed by atoms with Gasteiger partial charge in [-0.15, -0.1) is 0 Å². The molecule has 0 aliphatic rings. The molecule has 0 radical (unpaired) electrons. The number of hydrogen-bond acceptors (Lipinski definition) is 4. The van der Waals surface area contributed by atoms with Gasteiger partial charge in [-0.1, -0.05) is 39.0 Å². The van der Waals surface area contributed by atoms with Crippen LogP contribution in [0.3, 0.4) is 0 Å². The molecule has 0 fully saturated rings. The Morgan fingerprint density at radius 1 is 0.966 bits per heavy atom. The second-order valence-corrected chi connectivity index (χ2v) is 8.01. The van der Waals surface area contributed by atoms with Crippen molar-refractivity contribution in [1.29, 1.82) is 0 Å². The molecule has 2 aromatic rings. The number of ether oxygens (including phenoxy) is 2. The number of amides is 1. The van der Waals surface area contributed by atoms with Gasteiger partial charge in [-0.2, -0.15) is 0 Å². The lowest BCUT2D eigenvalue weighted by Gasteiger charge is -2.19. The molecular formula is C22H29N3O3S. The summed E-state index contributed by atoms with van der Waals surface area (Å²) in [5, 5.41) is 3.42. The van der Waals surface area contributed by atoms with Crippen molar-refractivity contribution in [2.75, 3.05) is 20.8 Å². The summed E-state index contributed by atoms with van der Waals surface area (Å²) in [5.41, 5.74) is 8.21. The van der Waals surface area contributed by atoms with E-state index < -0.39 is 0 Å². The maximum atomic E-state index is 12.2. The Morgan fingerprint density at radius 3 is 2.21 bits per heavy atom. The summed E-state index contributed by atoms with van der Waals surface area (Å²) in [6.45, 7) is 7.01. The predicted molar refractivity (Wildman–Crippen MR) is 120 cm³/mol. The zero-order chi connectivity index (χ0) is 21.4. The molecule has 1 amide bonds. The van der Waals surface area contributed by atoms with Crippen LogP contribution in [0.5, 0.6) is 11.5 Å². The molecule has 0 aliphatic carbocycles. The van der Waals surface area contributed by atoms with E-state index in [1.165, 1.54) is 5.56 Å².